The minimum absolute atomic E-state index is 0.0437. The van der Waals surface area contributed by atoms with E-state index < -0.39 is 131 Å². The van der Waals surface area contributed by atoms with Gasteiger partial charge in [-0.15, -0.1) is 0 Å². The van der Waals surface area contributed by atoms with Crippen molar-refractivity contribution in [2.45, 2.75) is 87.2 Å². The highest BCUT2D eigenvalue weighted by atomic mass is 32.3. The van der Waals surface area contributed by atoms with Crippen LogP contribution in [0.2, 0.25) is 0 Å². The van der Waals surface area contributed by atoms with Crippen LogP contribution in [0, 0.1) is 0 Å². The Morgan fingerprint density at radius 1 is 0.628 bits per heavy atom. The van der Waals surface area contributed by atoms with Gasteiger partial charge in [0.15, 0.2) is 0 Å². The van der Waals surface area contributed by atoms with E-state index in [0.717, 1.165) is 12.1 Å². The number of primary amides is 1. The Labute approximate surface area is 451 Å². The van der Waals surface area contributed by atoms with Crippen molar-refractivity contribution in [3.8, 4) is 5.75 Å². The number of para-hydroxylation sites is 1. The molecule has 1 heterocycles. The number of methoxy groups -OCH3 is 1. The lowest BCUT2D eigenvalue weighted by Gasteiger charge is -2.26. The second-order valence-corrected chi connectivity index (χ2v) is 19.5. The number of carboxylic acids is 2. The van der Waals surface area contributed by atoms with Gasteiger partial charge < -0.3 is 72.8 Å². The van der Waals surface area contributed by atoms with Crippen LogP contribution in [-0.2, 0) is 82.3 Å². The van der Waals surface area contributed by atoms with Gasteiger partial charge in [-0.05, 0) is 59.7 Å². The Bertz CT molecular complexity index is 2870. The third-order valence-electron chi connectivity index (χ3n) is 11.5. The number of fused-ring (bicyclic) bond motifs is 1. The molecule has 0 spiro atoms. The van der Waals surface area contributed by atoms with E-state index in [2.05, 4.69) is 46.4 Å². The molecule has 0 saturated heterocycles. The molecule has 0 aliphatic carbocycles. The van der Waals surface area contributed by atoms with Crippen LogP contribution < -0.4 is 52.9 Å². The van der Waals surface area contributed by atoms with Crippen LogP contribution >= 0.6 is 11.8 Å². The Balaban J connectivity index is 1.54. The summed E-state index contributed by atoms with van der Waals surface area (Å²) in [6.07, 6.45) is 0.784. The smallest absolute Gasteiger partial charge is 0.446 e. The number of aliphatic carboxylic acids is 2. The van der Waals surface area contributed by atoms with Crippen molar-refractivity contribution in [2.24, 2.45) is 11.5 Å². The number of aromatic amines is 1. The molecule has 15 N–H and O–H groups in total. The number of nitrogens with two attached hydrogens (primary N) is 2. The second kappa shape index (κ2) is 30.6. The molecule has 0 aliphatic rings. The van der Waals surface area contributed by atoms with E-state index in [9.17, 15) is 66.6 Å². The maximum Gasteiger partial charge on any atom is 0.446 e. The fourth-order valence-corrected chi connectivity index (χ4v) is 8.45. The molecule has 0 radical (unpaired) electrons. The number of amides is 8. The Morgan fingerprint density at radius 2 is 1.15 bits per heavy atom. The first kappa shape index (κ1) is 62.4. The number of hydrogen-bond donors (Lipinski definition) is 13. The predicted molar refractivity (Wildman–Crippen MR) is 280 cm³/mol. The van der Waals surface area contributed by atoms with Gasteiger partial charge in [-0.2, -0.15) is 20.2 Å². The molecule has 78 heavy (non-hydrogen) atoms. The Morgan fingerprint density at radius 3 is 1.76 bits per heavy atom. The molecule has 422 valence electrons. The molecule has 0 bridgehead atoms. The molecule has 3 aromatic carbocycles. The Kier molecular flexibility index (Phi) is 24.5. The first-order valence-electron chi connectivity index (χ1n) is 23.9. The Hall–Kier alpha value is -8.12. The minimum Gasteiger partial charge on any atom is -0.481 e. The van der Waals surface area contributed by atoms with Gasteiger partial charge >= 0.3 is 22.3 Å². The van der Waals surface area contributed by atoms with Gasteiger partial charge in [-0.3, -0.25) is 52.5 Å². The van der Waals surface area contributed by atoms with Crippen molar-refractivity contribution in [3.63, 3.8) is 0 Å². The molecule has 4 rings (SSSR count). The number of benzene rings is 3. The summed E-state index contributed by atoms with van der Waals surface area (Å²) in [6, 6.07) is 9.87. The van der Waals surface area contributed by atoms with Gasteiger partial charge in [0.25, 0.3) is 0 Å². The summed E-state index contributed by atoms with van der Waals surface area (Å²) in [5.74, 6) is -10.7. The van der Waals surface area contributed by atoms with Crippen LogP contribution in [0.3, 0.4) is 0 Å². The monoisotopic (exact) mass is 1130 g/mol. The molecular formula is C49H62N10O17S2. The summed E-state index contributed by atoms with van der Waals surface area (Å²) in [5, 5.41) is 36.8. The number of nitrogens with one attached hydrogen (secondary N) is 8. The van der Waals surface area contributed by atoms with Crippen molar-refractivity contribution in [1.29, 1.82) is 0 Å². The second-order valence-electron chi connectivity index (χ2n) is 17.5. The predicted octanol–water partition coefficient (Wildman–Crippen LogP) is -2.05. The standard InChI is InChI=1S/C49H62N10O17S2/c1-75-18-16-34(55-47(69)37(58-44(66)32(50)23-41(61)62)21-28-12-14-30(15-13-28)76-78(72,73)74)45(67)53-26-40(60)54-38(22-29-25-52-33-11-7-6-10-31(29)33)48(70)56-35(17-19-77-2)46(68)59-39(24-42(63)64)49(71)57-36(43(51)65)20-27-8-4-3-5-9-27/h3-15,25,32,34-39,52H,16-24,26,50H2,1-2H3,(H2,51,65)(H,53,67)(H,54,60)(H,55,69)(H,56,70)(H,57,71)(H,58,66)(H,59,68)(H,61,62)(H,63,64)(H,72,73,74)/t32-,34-,35-,36-,37-,38-,39-/m0/s1. The molecule has 7 atom stereocenters. The fraction of sp³-hybridized carbons (Fsp3) is 0.388. The fourth-order valence-electron chi connectivity index (χ4n) is 7.63. The molecule has 0 unspecified atom stereocenters. The molecule has 0 fully saturated rings. The number of hydrogen-bond acceptors (Lipinski definition) is 16. The summed E-state index contributed by atoms with van der Waals surface area (Å²) in [5.41, 5.74) is 13.5. The summed E-state index contributed by atoms with van der Waals surface area (Å²) in [4.78, 5) is 135. The molecule has 29 heteroatoms. The van der Waals surface area contributed by atoms with Gasteiger partial charge in [0.05, 0.1) is 25.4 Å². The lowest BCUT2D eigenvalue weighted by atomic mass is 10.0. The lowest BCUT2D eigenvalue weighted by molar-refractivity contribution is -0.141. The first-order chi connectivity index (χ1) is 37.0. The van der Waals surface area contributed by atoms with Gasteiger partial charge in [-0.25, -0.2) is 0 Å². The number of carbonyl (C=O) groups excluding carboxylic acids is 8. The highest BCUT2D eigenvalue weighted by Gasteiger charge is 2.34. The molecule has 8 amide bonds. The average Bonchev–Trinajstić information content (AvgIpc) is 3.80. The number of ether oxygens (including phenoxy) is 1. The zero-order valence-electron chi connectivity index (χ0n) is 42.2. The van der Waals surface area contributed by atoms with Crippen molar-refractivity contribution in [2.75, 3.05) is 32.3 Å². The van der Waals surface area contributed by atoms with Crippen LogP contribution in [0.1, 0.15) is 42.4 Å². The van der Waals surface area contributed by atoms with E-state index in [1.807, 2.05) is 0 Å². The molecular weight excluding hydrogens is 1060 g/mol. The number of carbonyl (C=O) groups is 10. The third kappa shape index (κ3) is 21.1. The number of H-pyrrole nitrogens is 1. The molecule has 1 aromatic heterocycles. The molecule has 0 saturated carbocycles. The summed E-state index contributed by atoms with van der Waals surface area (Å²) >= 11 is 1.30. The number of thioether (sulfide) groups is 1. The lowest BCUT2D eigenvalue weighted by Crippen LogP contribution is -2.59. The van der Waals surface area contributed by atoms with Crippen LogP contribution in [0.4, 0.5) is 0 Å². The van der Waals surface area contributed by atoms with E-state index in [1.54, 1.807) is 67.0 Å². The van der Waals surface area contributed by atoms with Crippen molar-refractivity contribution < 1.29 is 80.0 Å². The highest BCUT2D eigenvalue weighted by Crippen LogP contribution is 2.20. The zero-order chi connectivity index (χ0) is 57.5. The normalized spacial score (nSPS) is 13.9. The van der Waals surface area contributed by atoms with Gasteiger partial charge in [-0.1, -0.05) is 60.7 Å². The van der Waals surface area contributed by atoms with Crippen LogP contribution in [0.5, 0.6) is 5.75 Å². The first-order valence-corrected chi connectivity index (χ1v) is 26.6. The molecule has 4 aromatic rings. The number of aromatic nitrogens is 1. The summed E-state index contributed by atoms with van der Waals surface area (Å²) in [6.45, 7) is -0.917. The van der Waals surface area contributed by atoms with Crippen LogP contribution in [0.15, 0.2) is 85.1 Å². The quantitative estimate of drug-likeness (QED) is 0.0228. The summed E-state index contributed by atoms with van der Waals surface area (Å²) < 4.78 is 40.9. The number of carboxylic acid groups (broad SMARTS) is 2. The van der Waals surface area contributed by atoms with Crippen molar-refractivity contribution in [1.82, 2.24) is 42.2 Å². The topological polar surface area (TPSA) is 436 Å². The minimum atomic E-state index is -4.88. The van der Waals surface area contributed by atoms with E-state index in [1.165, 1.54) is 31.0 Å². The maximum absolute atomic E-state index is 14.3. The highest BCUT2D eigenvalue weighted by molar-refractivity contribution is 7.98. The average molecular weight is 1130 g/mol. The van der Waals surface area contributed by atoms with E-state index in [0.29, 0.717) is 22.0 Å². The van der Waals surface area contributed by atoms with Crippen molar-refractivity contribution in [3.05, 3.63) is 102 Å². The van der Waals surface area contributed by atoms with E-state index in [-0.39, 0.29) is 55.8 Å². The molecule has 0 aliphatic heterocycles. The third-order valence-corrected chi connectivity index (χ3v) is 12.6. The van der Waals surface area contributed by atoms with Crippen molar-refractivity contribution >= 4 is 92.3 Å². The van der Waals surface area contributed by atoms with Crippen LogP contribution in [0.25, 0.3) is 10.9 Å². The van der Waals surface area contributed by atoms with E-state index in [4.69, 9.17) is 20.8 Å². The van der Waals surface area contributed by atoms with Gasteiger partial charge in [0.1, 0.15) is 42.0 Å². The van der Waals surface area contributed by atoms with Gasteiger partial charge in [0, 0.05) is 50.1 Å². The maximum atomic E-state index is 14.3. The summed E-state index contributed by atoms with van der Waals surface area (Å²) in [7, 11) is -3.58. The van der Waals surface area contributed by atoms with Gasteiger partial charge in [0.2, 0.25) is 47.3 Å². The van der Waals surface area contributed by atoms with E-state index >= 15 is 0 Å². The molecule has 27 nitrogen and oxygen atoms in total. The number of rotatable bonds is 33. The van der Waals surface area contributed by atoms with Crippen LogP contribution in [-0.4, -0.2) is 162 Å². The zero-order valence-corrected chi connectivity index (χ0v) is 43.9. The largest absolute Gasteiger partial charge is 0.481 e. The SMILES string of the molecule is COCC[C@H](NC(=O)[C@H](Cc1ccc(OS(=O)(=O)O)cc1)NC(=O)[C@@H](N)CC(=O)O)C(=O)NCC(=O)N[C@@H](Cc1c[nH]c2ccccc12)C(=O)N[C@@H](CCSC)C(=O)N[C@@H](CC(=O)O)C(=O)N[C@@H](Cc1ccccc1)C(N)=O.